The van der Waals surface area contributed by atoms with Gasteiger partial charge in [-0.1, -0.05) is 30.3 Å². The quantitative estimate of drug-likeness (QED) is 0.671. The van der Waals surface area contributed by atoms with E-state index in [2.05, 4.69) is 10.1 Å². The summed E-state index contributed by atoms with van der Waals surface area (Å²) in [5, 5.41) is 2.87. The van der Waals surface area contributed by atoms with E-state index in [4.69, 9.17) is 5.73 Å². The van der Waals surface area contributed by atoms with E-state index in [1.54, 1.807) is 0 Å². The summed E-state index contributed by atoms with van der Waals surface area (Å²) in [4.78, 5) is 23.9. The molecule has 0 saturated heterocycles. The molecule has 22 heavy (non-hydrogen) atoms. The molecule has 0 bridgehead atoms. The average Bonchev–Trinajstić information content (AvgIpc) is 2.55. The number of methoxy groups -OCH3 is 1. The first-order valence-corrected chi connectivity index (χ1v) is 6.86. The highest BCUT2D eigenvalue weighted by Gasteiger charge is 2.16. The summed E-state index contributed by atoms with van der Waals surface area (Å²) in [6, 6.07) is 13.9. The summed E-state index contributed by atoms with van der Waals surface area (Å²) in [5.41, 5.74) is 7.67. The Morgan fingerprint density at radius 2 is 1.82 bits per heavy atom. The number of carbonyl (C=O) groups excluding carboxylic acids is 2. The topological polar surface area (TPSA) is 81.4 Å². The van der Waals surface area contributed by atoms with Crippen LogP contribution in [0.1, 0.15) is 39.2 Å². The number of carbonyl (C=O) groups is 2. The number of rotatable bonds is 4. The van der Waals surface area contributed by atoms with E-state index in [-0.39, 0.29) is 23.1 Å². The maximum Gasteiger partial charge on any atom is 0.337 e. The van der Waals surface area contributed by atoms with Gasteiger partial charge in [0.05, 0.1) is 24.3 Å². The van der Waals surface area contributed by atoms with Crippen LogP contribution in [-0.2, 0) is 4.74 Å². The van der Waals surface area contributed by atoms with Crippen LogP contribution in [0.2, 0.25) is 0 Å². The maximum absolute atomic E-state index is 12.4. The number of nitrogens with one attached hydrogen (secondary N) is 1. The zero-order valence-electron chi connectivity index (χ0n) is 12.5. The molecule has 1 atom stereocenters. The molecule has 5 heteroatoms. The molecule has 5 nitrogen and oxygen atoms in total. The molecule has 2 aromatic carbocycles. The lowest BCUT2D eigenvalue weighted by molar-refractivity contribution is 0.0601. The van der Waals surface area contributed by atoms with Gasteiger partial charge >= 0.3 is 5.97 Å². The highest BCUT2D eigenvalue weighted by Crippen LogP contribution is 2.17. The third-order valence-corrected chi connectivity index (χ3v) is 3.37. The molecule has 0 aliphatic rings. The molecule has 0 fully saturated rings. The summed E-state index contributed by atoms with van der Waals surface area (Å²) in [6.07, 6.45) is 0. The predicted molar refractivity (Wildman–Crippen MR) is 84.5 cm³/mol. The minimum atomic E-state index is -0.509. The van der Waals surface area contributed by atoms with Gasteiger partial charge in [-0.2, -0.15) is 0 Å². The van der Waals surface area contributed by atoms with Crippen LogP contribution in [0.15, 0.2) is 48.5 Å². The maximum atomic E-state index is 12.4. The molecular formula is C17H18N2O3. The van der Waals surface area contributed by atoms with Crippen molar-refractivity contribution in [1.82, 2.24) is 5.32 Å². The molecule has 0 aliphatic carbocycles. The molecule has 0 unspecified atom stereocenters. The Labute approximate surface area is 129 Å². The molecule has 0 aliphatic heterocycles. The van der Waals surface area contributed by atoms with E-state index in [1.165, 1.54) is 25.3 Å². The number of ether oxygens (including phenoxy) is 1. The van der Waals surface area contributed by atoms with E-state index < -0.39 is 5.97 Å². The summed E-state index contributed by atoms with van der Waals surface area (Å²) in [5.74, 6) is -0.843. The van der Waals surface area contributed by atoms with Crippen molar-refractivity contribution in [3.8, 4) is 0 Å². The Morgan fingerprint density at radius 3 is 2.45 bits per heavy atom. The van der Waals surface area contributed by atoms with Crippen LogP contribution in [0.5, 0.6) is 0 Å². The highest BCUT2D eigenvalue weighted by molar-refractivity contribution is 6.02. The van der Waals surface area contributed by atoms with Gasteiger partial charge in [-0.25, -0.2) is 4.79 Å². The summed E-state index contributed by atoms with van der Waals surface area (Å²) >= 11 is 0. The van der Waals surface area contributed by atoms with Gasteiger partial charge < -0.3 is 15.8 Å². The van der Waals surface area contributed by atoms with Crippen LogP contribution >= 0.6 is 0 Å². The van der Waals surface area contributed by atoms with Crippen LogP contribution in [0.3, 0.4) is 0 Å². The monoisotopic (exact) mass is 298 g/mol. The van der Waals surface area contributed by atoms with Gasteiger partial charge in [-0.05, 0) is 30.7 Å². The van der Waals surface area contributed by atoms with Gasteiger partial charge in [0.15, 0.2) is 0 Å². The molecule has 0 radical (unpaired) electrons. The van der Waals surface area contributed by atoms with Crippen LogP contribution in [0.25, 0.3) is 0 Å². The second kappa shape index (κ2) is 6.76. The van der Waals surface area contributed by atoms with Gasteiger partial charge in [0, 0.05) is 5.69 Å². The van der Waals surface area contributed by atoms with Crippen molar-refractivity contribution in [2.24, 2.45) is 0 Å². The molecule has 1 amide bonds. The van der Waals surface area contributed by atoms with E-state index in [0.717, 1.165) is 5.56 Å². The SMILES string of the molecule is COC(=O)c1ccc(N)c(C(=O)N[C@H](C)c2ccccc2)c1. The van der Waals surface area contributed by atoms with Crippen LogP contribution in [0.4, 0.5) is 5.69 Å². The predicted octanol–water partition coefficient (Wildman–Crippen LogP) is 2.55. The lowest BCUT2D eigenvalue weighted by Gasteiger charge is -2.15. The van der Waals surface area contributed by atoms with Gasteiger partial charge in [0.2, 0.25) is 0 Å². The molecule has 3 N–H and O–H groups in total. The first-order valence-electron chi connectivity index (χ1n) is 6.86. The second-order valence-corrected chi connectivity index (χ2v) is 4.90. The van der Waals surface area contributed by atoms with Crippen molar-refractivity contribution < 1.29 is 14.3 Å². The van der Waals surface area contributed by atoms with Crippen LogP contribution in [-0.4, -0.2) is 19.0 Å². The fourth-order valence-electron chi connectivity index (χ4n) is 2.10. The van der Waals surface area contributed by atoms with E-state index in [9.17, 15) is 9.59 Å². The number of esters is 1. The van der Waals surface area contributed by atoms with E-state index >= 15 is 0 Å². The fraction of sp³-hybridized carbons (Fsp3) is 0.176. The highest BCUT2D eigenvalue weighted by atomic mass is 16.5. The largest absolute Gasteiger partial charge is 0.465 e. The van der Waals surface area contributed by atoms with Gasteiger partial charge in [-0.3, -0.25) is 4.79 Å². The number of anilines is 1. The van der Waals surface area contributed by atoms with Crippen molar-refractivity contribution in [3.05, 3.63) is 65.2 Å². The molecule has 0 heterocycles. The second-order valence-electron chi connectivity index (χ2n) is 4.90. The lowest BCUT2D eigenvalue weighted by Crippen LogP contribution is -2.27. The first kappa shape index (κ1) is 15.6. The van der Waals surface area contributed by atoms with E-state index in [1.807, 2.05) is 37.3 Å². The lowest BCUT2D eigenvalue weighted by atomic mass is 10.1. The minimum Gasteiger partial charge on any atom is -0.465 e. The van der Waals surface area contributed by atoms with Crippen molar-refractivity contribution in [2.45, 2.75) is 13.0 Å². The third kappa shape index (κ3) is 3.44. The minimum absolute atomic E-state index is 0.171. The standard InChI is InChI=1S/C17H18N2O3/c1-11(12-6-4-3-5-7-12)19-16(20)14-10-13(17(21)22-2)8-9-15(14)18/h3-11H,18H2,1-2H3,(H,19,20)/t11-/m1/s1. The van der Waals surface area contributed by atoms with Gasteiger partial charge in [0.1, 0.15) is 0 Å². The number of nitrogen functional groups attached to an aromatic ring is 1. The Kier molecular flexibility index (Phi) is 4.78. The Balaban J connectivity index is 2.20. The molecular weight excluding hydrogens is 280 g/mol. The zero-order chi connectivity index (χ0) is 16.1. The molecule has 2 aromatic rings. The number of benzene rings is 2. The molecule has 114 valence electrons. The Hall–Kier alpha value is -2.82. The molecule has 2 rings (SSSR count). The molecule has 0 spiro atoms. The van der Waals surface area contributed by atoms with Crippen molar-refractivity contribution in [1.29, 1.82) is 0 Å². The van der Waals surface area contributed by atoms with Crippen molar-refractivity contribution >= 4 is 17.6 Å². The first-order chi connectivity index (χ1) is 10.5. The van der Waals surface area contributed by atoms with E-state index in [0.29, 0.717) is 5.69 Å². The van der Waals surface area contributed by atoms with Crippen LogP contribution < -0.4 is 11.1 Å². The Bertz CT molecular complexity index is 684. The zero-order valence-corrected chi connectivity index (χ0v) is 12.5. The summed E-state index contributed by atoms with van der Waals surface area (Å²) < 4.78 is 4.65. The number of amides is 1. The molecule has 0 aromatic heterocycles. The normalized spacial score (nSPS) is 11.5. The summed E-state index contributed by atoms with van der Waals surface area (Å²) in [6.45, 7) is 1.88. The van der Waals surface area contributed by atoms with Gasteiger partial charge in [0.25, 0.3) is 5.91 Å². The van der Waals surface area contributed by atoms with Crippen LogP contribution in [0, 0.1) is 0 Å². The van der Waals surface area contributed by atoms with Crippen molar-refractivity contribution in [2.75, 3.05) is 12.8 Å². The van der Waals surface area contributed by atoms with Crippen molar-refractivity contribution in [3.63, 3.8) is 0 Å². The summed E-state index contributed by atoms with van der Waals surface area (Å²) in [7, 11) is 1.29. The average molecular weight is 298 g/mol. The van der Waals surface area contributed by atoms with Gasteiger partial charge in [-0.15, -0.1) is 0 Å². The Morgan fingerprint density at radius 1 is 1.14 bits per heavy atom. The number of hydrogen-bond acceptors (Lipinski definition) is 4. The third-order valence-electron chi connectivity index (χ3n) is 3.37. The smallest absolute Gasteiger partial charge is 0.337 e. The fourth-order valence-corrected chi connectivity index (χ4v) is 2.10. The number of nitrogens with two attached hydrogens (primary N) is 1. The number of hydrogen-bond donors (Lipinski definition) is 2. The molecule has 0 saturated carbocycles.